The highest BCUT2D eigenvalue weighted by atomic mass is 16.9. The van der Waals surface area contributed by atoms with Crippen LogP contribution in [-0.4, -0.2) is 10.2 Å². The molecule has 0 fully saturated rings. The van der Waals surface area contributed by atoms with Crippen molar-refractivity contribution in [2.75, 3.05) is 0 Å². The lowest BCUT2D eigenvalue weighted by atomic mass is 9.91. The van der Waals surface area contributed by atoms with Crippen molar-refractivity contribution in [3.8, 4) is 11.1 Å². The van der Waals surface area contributed by atoms with Crippen molar-refractivity contribution in [3.63, 3.8) is 0 Å². The summed E-state index contributed by atoms with van der Waals surface area (Å²) in [7, 11) is 0. The molecular weight excluding hydrogens is 464 g/mol. The molecule has 10 nitrogen and oxygen atoms in total. The molecule has 2 N–H and O–H groups in total. The summed E-state index contributed by atoms with van der Waals surface area (Å²) in [6.07, 6.45) is 0. The van der Waals surface area contributed by atoms with Crippen LogP contribution < -0.4 is 9.97 Å². The number of fused-ring (bicyclic) bond motifs is 4. The zero-order valence-corrected chi connectivity index (χ0v) is 18.6. The molecule has 0 aliphatic heterocycles. The molecular formula is C26H18N4O6. The zero-order valence-electron chi connectivity index (χ0n) is 18.6. The monoisotopic (exact) mass is 482 g/mol. The minimum atomic E-state index is -1.75. The molecule has 0 aliphatic carbocycles. The molecule has 0 bridgehead atoms. The molecule has 4 aromatic carbocycles. The van der Waals surface area contributed by atoms with Crippen molar-refractivity contribution >= 4 is 43.6 Å². The number of hydrogen-bond acceptors (Lipinski definition) is 6. The molecule has 2 aromatic heterocycles. The normalized spacial score (nSPS) is 10.3. The summed E-state index contributed by atoms with van der Waals surface area (Å²) < 4.78 is 0. The van der Waals surface area contributed by atoms with Crippen LogP contribution in [0.3, 0.4) is 0 Å². The van der Waals surface area contributed by atoms with Gasteiger partial charge in [-0.05, 0) is 24.3 Å². The van der Waals surface area contributed by atoms with Crippen LogP contribution >= 0.6 is 0 Å². The summed E-state index contributed by atoms with van der Waals surface area (Å²) in [6, 6.07) is 34.3. The maximum absolute atomic E-state index is 8.25. The van der Waals surface area contributed by atoms with Gasteiger partial charge in [-0.3, -0.25) is 0 Å². The smallest absolute Gasteiger partial charge is 0.211 e. The van der Waals surface area contributed by atoms with E-state index in [4.69, 9.17) is 30.6 Å². The van der Waals surface area contributed by atoms with E-state index in [0.717, 1.165) is 22.1 Å². The Morgan fingerprint density at radius 1 is 0.417 bits per heavy atom. The maximum atomic E-state index is 8.25. The number of pyridine rings is 2. The average molecular weight is 482 g/mol. The molecule has 6 rings (SSSR count). The average Bonchev–Trinajstić information content (AvgIpc) is 2.85. The van der Waals surface area contributed by atoms with E-state index >= 15 is 0 Å². The van der Waals surface area contributed by atoms with Crippen LogP contribution in [-0.2, 0) is 0 Å². The van der Waals surface area contributed by atoms with E-state index in [-0.39, 0.29) is 0 Å². The van der Waals surface area contributed by atoms with E-state index < -0.39 is 10.2 Å². The van der Waals surface area contributed by atoms with E-state index in [0.29, 0.717) is 0 Å². The number of para-hydroxylation sites is 4. The molecule has 10 heteroatoms. The van der Waals surface area contributed by atoms with E-state index in [1.165, 1.54) is 32.7 Å². The Labute approximate surface area is 202 Å². The predicted octanol–water partition coefficient (Wildman–Crippen LogP) is 5.12. The molecule has 0 aliphatic rings. The topological polar surface area (TPSA) is 161 Å². The quantitative estimate of drug-likeness (QED) is 0.180. The summed E-state index contributed by atoms with van der Waals surface area (Å²) in [5, 5.41) is 34.5. The summed E-state index contributed by atoms with van der Waals surface area (Å²) in [4.78, 5) is 23.7. The summed E-state index contributed by atoms with van der Waals surface area (Å²) in [5.41, 5.74) is 7.17. The number of rotatable bonds is 1. The molecule has 36 heavy (non-hydrogen) atoms. The Bertz CT molecular complexity index is 1490. The lowest BCUT2D eigenvalue weighted by molar-refractivity contribution is -0.403. The largest absolute Gasteiger partial charge is 0.356 e. The van der Waals surface area contributed by atoms with Gasteiger partial charge in [-0.15, -0.1) is 0 Å². The first kappa shape index (κ1) is 23.8. The first-order valence-corrected chi connectivity index (χ1v) is 10.7. The highest BCUT2D eigenvalue weighted by Gasteiger charge is 2.21. The maximum Gasteiger partial charge on any atom is 0.211 e. The van der Waals surface area contributed by atoms with Crippen molar-refractivity contribution in [2.24, 2.45) is 0 Å². The van der Waals surface area contributed by atoms with Crippen LogP contribution in [0.4, 0.5) is 0 Å². The second-order valence-corrected chi connectivity index (χ2v) is 7.63. The second-order valence-electron chi connectivity index (χ2n) is 7.63. The second kappa shape index (κ2) is 10.3. The minimum absolute atomic E-state index is 1.15. The van der Waals surface area contributed by atoms with Crippen LogP contribution in [0.1, 0.15) is 0 Å². The van der Waals surface area contributed by atoms with Gasteiger partial charge in [0.25, 0.3) is 0 Å². The number of nitrogens with one attached hydrogen (secondary N) is 2. The van der Waals surface area contributed by atoms with Crippen molar-refractivity contribution in [3.05, 3.63) is 128 Å². The van der Waals surface area contributed by atoms with Crippen LogP contribution in [0.25, 0.3) is 54.7 Å². The summed E-state index contributed by atoms with van der Waals surface area (Å²) in [5.74, 6) is 0. The Morgan fingerprint density at radius 3 is 0.833 bits per heavy atom. The third-order valence-corrected chi connectivity index (χ3v) is 5.57. The molecule has 0 radical (unpaired) electrons. The van der Waals surface area contributed by atoms with Gasteiger partial charge in [0.05, 0.1) is 31.7 Å². The number of benzene rings is 4. The van der Waals surface area contributed by atoms with Gasteiger partial charge in [-0.25, -0.2) is 9.97 Å². The number of nitrogens with zero attached hydrogens (tertiary/aromatic N) is 2. The van der Waals surface area contributed by atoms with Crippen LogP contribution in [0.2, 0.25) is 0 Å². The van der Waals surface area contributed by atoms with Gasteiger partial charge in [0.2, 0.25) is 22.1 Å². The molecule has 2 heterocycles. The highest BCUT2D eigenvalue weighted by molar-refractivity contribution is 6.18. The number of H-pyrrole nitrogens is 2. The van der Waals surface area contributed by atoms with Gasteiger partial charge < -0.3 is 30.6 Å². The van der Waals surface area contributed by atoms with Crippen LogP contribution in [0.5, 0.6) is 0 Å². The Morgan fingerprint density at radius 2 is 0.611 bits per heavy atom. The molecule has 6 aromatic rings. The molecule has 178 valence electrons. The third-order valence-electron chi connectivity index (χ3n) is 5.57. The number of aromatic amines is 2. The van der Waals surface area contributed by atoms with E-state index in [2.05, 4.69) is 107 Å². The van der Waals surface area contributed by atoms with Gasteiger partial charge >= 0.3 is 0 Å². The molecule has 0 amide bonds. The molecule has 0 saturated heterocycles. The van der Waals surface area contributed by atoms with Gasteiger partial charge in [0.1, 0.15) is 0 Å². The summed E-state index contributed by atoms with van der Waals surface area (Å²) >= 11 is 0. The van der Waals surface area contributed by atoms with Gasteiger partial charge in [0.15, 0.2) is 0 Å². The summed E-state index contributed by atoms with van der Waals surface area (Å²) in [6.45, 7) is 0. The van der Waals surface area contributed by atoms with Crippen LogP contribution in [0, 0.1) is 30.6 Å². The number of hydrogen-bond donors (Lipinski definition) is 0. The molecule has 0 saturated carbocycles. The zero-order chi connectivity index (χ0) is 25.7. The SMILES string of the molecule is O=[N+]([O-])[O-].O=[N+]([O-])[O-].c1ccc2c(-c3c4ccccc4[nH+]c4ccccc34)c3ccccc3[nH+]c2c1. The van der Waals surface area contributed by atoms with Gasteiger partial charge in [-0.2, -0.15) is 0 Å². The Balaban J connectivity index is 0.000000336. The number of aromatic nitrogens is 2. The van der Waals surface area contributed by atoms with E-state index in [1.54, 1.807) is 0 Å². The molecule has 0 unspecified atom stereocenters. The van der Waals surface area contributed by atoms with Crippen molar-refractivity contribution < 1.29 is 20.1 Å². The van der Waals surface area contributed by atoms with Crippen molar-refractivity contribution in [2.45, 2.75) is 0 Å². The third kappa shape index (κ3) is 4.92. The standard InChI is InChI=1S/C26H16N2.2NO3/c1-5-13-21-17(9-1)25(18-10-2-6-14-22(18)27-21)26-19-11-3-7-15-23(19)28-24-16-8-4-12-20(24)26;2*2-1(3)4/h1-16H;;/q;2*-1/p+2. The first-order chi connectivity index (χ1) is 17.4. The fourth-order valence-corrected chi connectivity index (χ4v) is 4.36. The van der Waals surface area contributed by atoms with E-state index in [9.17, 15) is 0 Å². The first-order valence-electron chi connectivity index (χ1n) is 10.7. The molecule has 0 atom stereocenters. The van der Waals surface area contributed by atoms with Gasteiger partial charge in [-0.1, -0.05) is 48.5 Å². The van der Waals surface area contributed by atoms with E-state index in [1.807, 2.05) is 0 Å². The Kier molecular flexibility index (Phi) is 6.78. The minimum Gasteiger partial charge on any atom is -0.356 e. The molecule has 0 spiro atoms. The van der Waals surface area contributed by atoms with Crippen molar-refractivity contribution in [1.82, 2.24) is 0 Å². The Hall–Kier alpha value is -5.38. The lowest BCUT2D eigenvalue weighted by Crippen LogP contribution is -2.09. The van der Waals surface area contributed by atoms with Crippen molar-refractivity contribution in [1.29, 1.82) is 0 Å². The lowest BCUT2D eigenvalue weighted by Gasteiger charge is -2.11. The highest BCUT2D eigenvalue weighted by Crippen LogP contribution is 2.40. The van der Waals surface area contributed by atoms with Gasteiger partial charge in [0, 0.05) is 35.4 Å². The fourth-order valence-electron chi connectivity index (χ4n) is 4.36. The van der Waals surface area contributed by atoms with Crippen LogP contribution in [0.15, 0.2) is 97.1 Å². The fraction of sp³-hybridized carbons (Fsp3) is 0. The predicted molar refractivity (Wildman–Crippen MR) is 136 cm³/mol.